The van der Waals surface area contributed by atoms with Crippen molar-refractivity contribution in [1.82, 2.24) is 20.1 Å². The van der Waals surface area contributed by atoms with Crippen LogP contribution >= 0.6 is 11.3 Å². The van der Waals surface area contributed by atoms with E-state index in [1.165, 1.54) is 11.3 Å². The van der Waals surface area contributed by atoms with E-state index in [0.717, 1.165) is 11.3 Å². The minimum Gasteiger partial charge on any atom is -0.355 e. The van der Waals surface area contributed by atoms with Crippen molar-refractivity contribution in [2.75, 3.05) is 12.4 Å². The second-order valence-electron chi connectivity index (χ2n) is 6.13. The van der Waals surface area contributed by atoms with E-state index in [2.05, 4.69) is 20.7 Å². The molecule has 0 unspecified atom stereocenters. The lowest BCUT2D eigenvalue weighted by atomic mass is 10.1. The van der Waals surface area contributed by atoms with Crippen LogP contribution in [0.4, 0.5) is 5.69 Å². The molecule has 0 spiro atoms. The third kappa shape index (κ3) is 3.92. The molecule has 8 heteroatoms. The summed E-state index contributed by atoms with van der Waals surface area (Å²) in [5, 5.41) is 12.1. The predicted molar refractivity (Wildman–Crippen MR) is 112 cm³/mol. The molecule has 0 bridgehead atoms. The fourth-order valence-corrected chi connectivity index (χ4v) is 3.55. The van der Waals surface area contributed by atoms with Crippen molar-refractivity contribution < 1.29 is 9.59 Å². The van der Waals surface area contributed by atoms with Gasteiger partial charge in [-0.25, -0.2) is 9.67 Å². The minimum atomic E-state index is -0.376. The van der Waals surface area contributed by atoms with Crippen molar-refractivity contribution >= 4 is 28.8 Å². The average molecular weight is 403 g/mol. The number of amides is 2. The monoisotopic (exact) mass is 403 g/mol. The molecule has 4 aromatic rings. The van der Waals surface area contributed by atoms with Gasteiger partial charge in [0, 0.05) is 24.2 Å². The Hall–Kier alpha value is -3.78. The second-order valence-corrected chi connectivity index (χ2v) is 6.98. The SMILES string of the molecule is CNC(=O)c1ccccc1NC(=O)c1csc(-c2cnn(-c3ccccc3)c2)n1. The summed E-state index contributed by atoms with van der Waals surface area (Å²) in [4.78, 5) is 29.0. The number of carbonyl (C=O) groups excluding carboxylic acids is 2. The molecule has 2 aromatic heterocycles. The Morgan fingerprint density at radius 3 is 2.55 bits per heavy atom. The van der Waals surface area contributed by atoms with Gasteiger partial charge >= 0.3 is 0 Å². The molecule has 0 radical (unpaired) electrons. The summed E-state index contributed by atoms with van der Waals surface area (Å²) in [5.41, 5.74) is 2.87. The molecule has 2 amide bonds. The van der Waals surface area contributed by atoms with Gasteiger partial charge in [-0.2, -0.15) is 5.10 Å². The summed E-state index contributed by atoms with van der Waals surface area (Å²) >= 11 is 1.36. The Balaban J connectivity index is 1.54. The zero-order chi connectivity index (χ0) is 20.2. The fourth-order valence-electron chi connectivity index (χ4n) is 2.78. The van der Waals surface area contributed by atoms with Gasteiger partial charge in [-0.05, 0) is 24.3 Å². The maximum Gasteiger partial charge on any atom is 0.275 e. The summed E-state index contributed by atoms with van der Waals surface area (Å²) in [7, 11) is 1.54. The molecule has 0 aliphatic heterocycles. The summed E-state index contributed by atoms with van der Waals surface area (Å²) in [6, 6.07) is 16.6. The van der Waals surface area contributed by atoms with Gasteiger partial charge in [-0.3, -0.25) is 9.59 Å². The topological polar surface area (TPSA) is 88.9 Å². The fraction of sp³-hybridized carbons (Fsp3) is 0.0476. The van der Waals surface area contributed by atoms with E-state index in [-0.39, 0.29) is 17.5 Å². The van der Waals surface area contributed by atoms with Crippen molar-refractivity contribution in [1.29, 1.82) is 0 Å². The normalized spacial score (nSPS) is 10.5. The second kappa shape index (κ2) is 8.07. The molecule has 0 aliphatic carbocycles. The van der Waals surface area contributed by atoms with Gasteiger partial charge in [0.2, 0.25) is 0 Å². The molecule has 4 rings (SSSR count). The molecular weight excluding hydrogens is 386 g/mol. The van der Waals surface area contributed by atoms with Crippen LogP contribution in [0, 0.1) is 0 Å². The number of carbonyl (C=O) groups is 2. The molecule has 7 nitrogen and oxygen atoms in total. The van der Waals surface area contributed by atoms with E-state index in [0.29, 0.717) is 16.3 Å². The van der Waals surface area contributed by atoms with E-state index in [9.17, 15) is 9.59 Å². The Morgan fingerprint density at radius 2 is 1.76 bits per heavy atom. The van der Waals surface area contributed by atoms with Gasteiger partial charge in [-0.1, -0.05) is 30.3 Å². The van der Waals surface area contributed by atoms with Gasteiger partial charge in [0.1, 0.15) is 10.7 Å². The van der Waals surface area contributed by atoms with E-state index < -0.39 is 0 Å². The highest BCUT2D eigenvalue weighted by molar-refractivity contribution is 7.13. The Bertz CT molecular complexity index is 1170. The zero-order valence-corrected chi connectivity index (χ0v) is 16.3. The number of thiazole rings is 1. The lowest BCUT2D eigenvalue weighted by Gasteiger charge is -2.08. The van der Waals surface area contributed by atoms with E-state index in [1.54, 1.807) is 47.6 Å². The minimum absolute atomic E-state index is 0.270. The Kier molecular flexibility index (Phi) is 5.17. The number of hydrogen-bond acceptors (Lipinski definition) is 5. The number of nitrogens with one attached hydrogen (secondary N) is 2. The van der Waals surface area contributed by atoms with Gasteiger partial charge in [-0.15, -0.1) is 11.3 Å². The van der Waals surface area contributed by atoms with E-state index >= 15 is 0 Å². The standard InChI is InChI=1S/C21H17N5O2S/c1-22-19(27)16-9-5-6-10-17(16)24-20(28)18-13-29-21(25-18)14-11-23-26(12-14)15-7-3-2-4-8-15/h2-13H,1H3,(H,22,27)(H,24,28). The van der Waals surface area contributed by atoms with E-state index in [4.69, 9.17) is 0 Å². The van der Waals surface area contributed by atoms with Crippen LogP contribution in [-0.2, 0) is 0 Å². The third-order valence-corrected chi connectivity index (χ3v) is 5.13. The molecule has 2 heterocycles. The van der Waals surface area contributed by atoms with Gasteiger partial charge < -0.3 is 10.6 Å². The number of anilines is 1. The number of nitrogens with zero attached hydrogens (tertiary/aromatic N) is 3. The number of rotatable bonds is 5. The molecule has 0 saturated carbocycles. The van der Waals surface area contributed by atoms with Gasteiger partial charge in [0.05, 0.1) is 23.1 Å². The molecule has 2 N–H and O–H groups in total. The number of aromatic nitrogens is 3. The first-order valence-corrected chi connectivity index (χ1v) is 9.72. The maximum atomic E-state index is 12.6. The molecule has 144 valence electrons. The van der Waals surface area contributed by atoms with Crippen LogP contribution in [0.1, 0.15) is 20.8 Å². The Labute approximate surface area is 171 Å². The summed E-state index contributed by atoms with van der Waals surface area (Å²) in [5.74, 6) is -0.646. The van der Waals surface area contributed by atoms with Crippen molar-refractivity contribution in [3.63, 3.8) is 0 Å². The quantitative estimate of drug-likeness (QED) is 0.533. The van der Waals surface area contributed by atoms with Crippen LogP contribution in [0.3, 0.4) is 0 Å². The third-order valence-electron chi connectivity index (χ3n) is 4.23. The molecule has 0 aliphatic rings. The summed E-state index contributed by atoms with van der Waals surface area (Å²) in [6.07, 6.45) is 3.59. The molecule has 29 heavy (non-hydrogen) atoms. The first-order valence-electron chi connectivity index (χ1n) is 8.84. The summed E-state index contributed by atoms with van der Waals surface area (Å²) < 4.78 is 1.76. The zero-order valence-electron chi connectivity index (χ0n) is 15.5. The van der Waals surface area contributed by atoms with Crippen LogP contribution in [0.25, 0.3) is 16.3 Å². The number of hydrogen-bond donors (Lipinski definition) is 2. The highest BCUT2D eigenvalue weighted by atomic mass is 32.1. The van der Waals surface area contributed by atoms with Gasteiger partial charge in [0.25, 0.3) is 11.8 Å². The number of benzene rings is 2. The molecule has 0 atom stereocenters. The van der Waals surface area contributed by atoms with Crippen LogP contribution in [0.5, 0.6) is 0 Å². The highest BCUT2D eigenvalue weighted by Crippen LogP contribution is 2.25. The largest absolute Gasteiger partial charge is 0.355 e. The van der Waals surface area contributed by atoms with Crippen LogP contribution in [-0.4, -0.2) is 33.6 Å². The highest BCUT2D eigenvalue weighted by Gasteiger charge is 2.16. The lowest BCUT2D eigenvalue weighted by Crippen LogP contribution is -2.21. The lowest BCUT2D eigenvalue weighted by molar-refractivity contribution is 0.0964. The Morgan fingerprint density at radius 1 is 1.00 bits per heavy atom. The first kappa shape index (κ1) is 18.6. The van der Waals surface area contributed by atoms with Crippen molar-refractivity contribution in [2.45, 2.75) is 0 Å². The molecule has 0 saturated heterocycles. The van der Waals surface area contributed by atoms with Crippen LogP contribution < -0.4 is 10.6 Å². The number of para-hydroxylation sites is 2. The predicted octanol–water partition coefficient (Wildman–Crippen LogP) is 3.61. The van der Waals surface area contributed by atoms with Crippen molar-refractivity contribution in [3.8, 4) is 16.3 Å². The molecule has 0 fully saturated rings. The van der Waals surface area contributed by atoms with Crippen molar-refractivity contribution in [3.05, 3.63) is 83.6 Å². The van der Waals surface area contributed by atoms with E-state index in [1.807, 2.05) is 36.5 Å². The van der Waals surface area contributed by atoms with Crippen molar-refractivity contribution in [2.24, 2.45) is 0 Å². The summed E-state index contributed by atoms with van der Waals surface area (Å²) in [6.45, 7) is 0. The van der Waals surface area contributed by atoms with Crippen LogP contribution in [0.15, 0.2) is 72.4 Å². The first-order chi connectivity index (χ1) is 14.2. The average Bonchev–Trinajstić information content (AvgIpc) is 3.44. The smallest absolute Gasteiger partial charge is 0.275 e. The molecule has 2 aromatic carbocycles. The maximum absolute atomic E-state index is 12.6. The van der Waals surface area contributed by atoms with Crippen LogP contribution in [0.2, 0.25) is 0 Å². The molecular formula is C21H17N5O2S. The van der Waals surface area contributed by atoms with Gasteiger partial charge in [0.15, 0.2) is 0 Å².